The van der Waals surface area contributed by atoms with Crippen LogP contribution in [0.2, 0.25) is 5.02 Å². The van der Waals surface area contributed by atoms with E-state index in [0.29, 0.717) is 5.02 Å². The van der Waals surface area contributed by atoms with Crippen LogP contribution >= 0.6 is 11.6 Å². The number of hydrogen-bond donors (Lipinski definition) is 2. The number of carbonyl (C=O) groups excluding carboxylic acids is 1. The number of hydrogen-bond acceptors (Lipinski definition) is 3. The monoisotopic (exact) mass is 295 g/mol. The van der Waals surface area contributed by atoms with Gasteiger partial charge in [-0.3, -0.25) is 9.69 Å². The topological polar surface area (TPSA) is 58.4 Å². The average Bonchev–Trinajstić information content (AvgIpc) is 2.89. The largest absolute Gasteiger partial charge is 0.358 e. The summed E-state index contributed by atoms with van der Waals surface area (Å²) in [6.07, 6.45) is 1.91. The first-order chi connectivity index (χ1) is 9.54. The number of benzene rings is 1. The van der Waals surface area contributed by atoms with Gasteiger partial charge in [-0.15, -0.1) is 0 Å². The molecule has 110 valence electrons. The van der Waals surface area contributed by atoms with E-state index in [1.54, 1.807) is 7.05 Å². The molecule has 20 heavy (non-hydrogen) atoms. The van der Waals surface area contributed by atoms with E-state index >= 15 is 0 Å². The normalized spacial score (nSPS) is 22.5. The molecule has 0 saturated carbocycles. The Hall–Kier alpha value is -1.10. The van der Waals surface area contributed by atoms with Crippen molar-refractivity contribution in [3.05, 3.63) is 34.9 Å². The third-order valence-electron chi connectivity index (χ3n) is 3.91. The van der Waals surface area contributed by atoms with E-state index in [1.165, 1.54) is 0 Å². The van der Waals surface area contributed by atoms with Crippen LogP contribution in [0, 0.1) is 0 Å². The molecule has 1 aromatic carbocycles. The Kier molecular flexibility index (Phi) is 5.02. The van der Waals surface area contributed by atoms with Gasteiger partial charge in [-0.05, 0) is 44.0 Å². The van der Waals surface area contributed by atoms with Crippen LogP contribution < -0.4 is 11.1 Å². The lowest BCUT2D eigenvalue weighted by molar-refractivity contribution is -0.125. The van der Waals surface area contributed by atoms with Gasteiger partial charge < -0.3 is 11.1 Å². The minimum Gasteiger partial charge on any atom is -0.358 e. The predicted octanol–water partition coefficient (Wildman–Crippen LogP) is 1.94. The van der Waals surface area contributed by atoms with Gasteiger partial charge in [-0.1, -0.05) is 23.7 Å². The Morgan fingerprint density at radius 1 is 1.45 bits per heavy atom. The molecule has 5 heteroatoms. The SMILES string of the molecule is CNC(=O)C1CCCN1C(c1ccc(Cl)cc1)C(C)N. The Bertz CT molecular complexity index is 461. The Morgan fingerprint density at radius 3 is 2.65 bits per heavy atom. The van der Waals surface area contributed by atoms with Gasteiger partial charge in [0.25, 0.3) is 0 Å². The summed E-state index contributed by atoms with van der Waals surface area (Å²) >= 11 is 5.95. The quantitative estimate of drug-likeness (QED) is 0.892. The van der Waals surface area contributed by atoms with Gasteiger partial charge in [0.2, 0.25) is 5.91 Å². The molecule has 1 aromatic rings. The van der Waals surface area contributed by atoms with Crippen LogP contribution in [0.4, 0.5) is 0 Å². The predicted molar refractivity (Wildman–Crippen MR) is 81.6 cm³/mol. The fraction of sp³-hybridized carbons (Fsp3) is 0.533. The van der Waals surface area contributed by atoms with Crippen molar-refractivity contribution in [2.24, 2.45) is 5.73 Å². The van der Waals surface area contributed by atoms with Crippen LogP contribution in [-0.2, 0) is 4.79 Å². The van der Waals surface area contributed by atoms with E-state index in [-0.39, 0.29) is 24.0 Å². The van der Waals surface area contributed by atoms with Crippen LogP contribution in [0.5, 0.6) is 0 Å². The summed E-state index contributed by atoms with van der Waals surface area (Å²) in [7, 11) is 1.68. The van der Waals surface area contributed by atoms with Gasteiger partial charge >= 0.3 is 0 Å². The second-order valence-electron chi connectivity index (χ2n) is 5.37. The van der Waals surface area contributed by atoms with E-state index in [1.807, 2.05) is 31.2 Å². The molecule has 1 heterocycles. The van der Waals surface area contributed by atoms with Crippen LogP contribution in [-0.4, -0.2) is 36.5 Å². The first-order valence-corrected chi connectivity index (χ1v) is 7.40. The molecule has 3 N–H and O–H groups in total. The molecule has 0 radical (unpaired) electrons. The van der Waals surface area contributed by atoms with Gasteiger partial charge in [0, 0.05) is 18.1 Å². The first-order valence-electron chi connectivity index (χ1n) is 7.03. The van der Waals surface area contributed by atoms with E-state index in [4.69, 9.17) is 17.3 Å². The number of carbonyl (C=O) groups is 1. The molecule has 0 spiro atoms. The zero-order valence-electron chi connectivity index (χ0n) is 12.0. The molecule has 1 amide bonds. The van der Waals surface area contributed by atoms with Crippen LogP contribution in [0.15, 0.2) is 24.3 Å². The fourth-order valence-corrected chi connectivity index (χ4v) is 3.15. The van der Waals surface area contributed by atoms with E-state index in [2.05, 4.69) is 10.2 Å². The van der Waals surface area contributed by atoms with Crippen molar-refractivity contribution < 1.29 is 4.79 Å². The number of nitrogens with one attached hydrogen (secondary N) is 1. The molecular formula is C15H22ClN3O. The van der Waals surface area contributed by atoms with Crippen LogP contribution in [0.3, 0.4) is 0 Å². The highest BCUT2D eigenvalue weighted by molar-refractivity contribution is 6.30. The highest BCUT2D eigenvalue weighted by atomic mass is 35.5. The third kappa shape index (κ3) is 3.14. The van der Waals surface area contributed by atoms with Crippen LogP contribution in [0.25, 0.3) is 0 Å². The smallest absolute Gasteiger partial charge is 0.237 e. The standard InChI is InChI=1S/C15H22ClN3O/c1-10(17)14(11-5-7-12(16)8-6-11)19-9-3-4-13(19)15(20)18-2/h5-8,10,13-14H,3-4,9,17H2,1-2H3,(H,18,20). The summed E-state index contributed by atoms with van der Waals surface area (Å²) in [4.78, 5) is 14.2. The maximum absolute atomic E-state index is 12.0. The highest BCUT2D eigenvalue weighted by Gasteiger charge is 2.37. The molecule has 3 unspecified atom stereocenters. The Morgan fingerprint density at radius 2 is 2.10 bits per heavy atom. The molecule has 0 aliphatic carbocycles. The lowest BCUT2D eigenvalue weighted by Gasteiger charge is -2.35. The zero-order chi connectivity index (χ0) is 14.7. The second-order valence-corrected chi connectivity index (χ2v) is 5.80. The summed E-state index contributed by atoms with van der Waals surface area (Å²) in [6.45, 7) is 2.88. The van der Waals surface area contributed by atoms with E-state index in [9.17, 15) is 4.79 Å². The van der Waals surface area contributed by atoms with E-state index in [0.717, 1.165) is 24.9 Å². The number of rotatable bonds is 4. The summed E-state index contributed by atoms with van der Waals surface area (Å²) < 4.78 is 0. The number of likely N-dealkylation sites (tertiary alicyclic amines) is 1. The van der Waals surface area contributed by atoms with Crippen molar-refractivity contribution in [3.8, 4) is 0 Å². The maximum Gasteiger partial charge on any atom is 0.237 e. The molecular weight excluding hydrogens is 274 g/mol. The molecule has 1 aliphatic rings. The molecule has 3 atom stereocenters. The molecule has 4 nitrogen and oxygen atoms in total. The highest BCUT2D eigenvalue weighted by Crippen LogP contribution is 2.32. The van der Waals surface area contributed by atoms with Crippen molar-refractivity contribution >= 4 is 17.5 Å². The van der Waals surface area contributed by atoms with Crippen molar-refractivity contribution in [2.75, 3.05) is 13.6 Å². The molecule has 2 rings (SSSR count). The van der Waals surface area contributed by atoms with Crippen LogP contribution in [0.1, 0.15) is 31.4 Å². The molecule has 1 saturated heterocycles. The van der Waals surface area contributed by atoms with Gasteiger partial charge in [0.15, 0.2) is 0 Å². The number of halogens is 1. The zero-order valence-corrected chi connectivity index (χ0v) is 12.7. The van der Waals surface area contributed by atoms with Gasteiger partial charge in [-0.2, -0.15) is 0 Å². The molecule has 1 fully saturated rings. The second kappa shape index (κ2) is 6.57. The summed E-state index contributed by atoms with van der Waals surface area (Å²) in [6, 6.07) is 7.63. The van der Waals surface area contributed by atoms with Gasteiger partial charge in [0.05, 0.1) is 12.1 Å². The molecule has 0 bridgehead atoms. The molecule has 1 aliphatic heterocycles. The number of nitrogens with zero attached hydrogens (tertiary/aromatic N) is 1. The minimum absolute atomic E-state index is 0.0390. The lowest BCUT2D eigenvalue weighted by Crippen LogP contribution is -2.48. The number of amides is 1. The van der Waals surface area contributed by atoms with Gasteiger partial charge in [-0.25, -0.2) is 0 Å². The first kappa shape index (κ1) is 15.3. The summed E-state index contributed by atoms with van der Waals surface area (Å²) in [5.74, 6) is 0.0714. The average molecular weight is 296 g/mol. The van der Waals surface area contributed by atoms with Crippen molar-refractivity contribution in [2.45, 2.75) is 37.9 Å². The maximum atomic E-state index is 12.0. The minimum atomic E-state index is -0.0910. The number of nitrogens with two attached hydrogens (primary N) is 1. The molecule has 0 aromatic heterocycles. The van der Waals surface area contributed by atoms with E-state index < -0.39 is 0 Å². The van der Waals surface area contributed by atoms with Crippen molar-refractivity contribution in [3.63, 3.8) is 0 Å². The number of likely N-dealkylation sites (N-methyl/N-ethyl adjacent to an activating group) is 1. The van der Waals surface area contributed by atoms with Gasteiger partial charge in [0.1, 0.15) is 0 Å². The fourth-order valence-electron chi connectivity index (χ4n) is 3.03. The Balaban J connectivity index is 2.28. The van der Waals surface area contributed by atoms with Crippen molar-refractivity contribution in [1.82, 2.24) is 10.2 Å². The summed E-state index contributed by atoms with van der Waals surface area (Å²) in [5.41, 5.74) is 7.30. The summed E-state index contributed by atoms with van der Waals surface area (Å²) in [5, 5.41) is 3.46. The van der Waals surface area contributed by atoms with Crippen molar-refractivity contribution in [1.29, 1.82) is 0 Å². The third-order valence-corrected chi connectivity index (χ3v) is 4.16. The lowest BCUT2D eigenvalue weighted by atomic mass is 9.98. The Labute approximate surface area is 125 Å².